The van der Waals surface area contributed by atoms with Crippen LogP contribution in [-0.2, 0) is 13.6 Å². The number of aromatic nitrogens is 3. The fraction of sp³-hybridized carbons (Fsp3) is 0.467. The molecule has 4 nitrogen and oxygen atoms in total. The Kier molecular flexibility index (Phi) is 3.34. The van der Waals surface area contributed by atoms with Gasteiger partial charge in [-0.1, -0.05) is 29.8 Å². The number of nitrogens with zero attached hydrogens (tertiary/aromatic N) is 3. The molecule has 0 saturated heterocycles. The van der Waals surface area contributed by atoms with Crippen LogP contribution in [0.4, 0.5) is 0 Å². The zero-order valence-electron chi connectivity index (χ0n) is 11.5. The Bertz CT molecular complexity index is 555. The van der Waals surface area contributed by atoms with Gasteiger partial charge in [-0.25, -0.2) is 0 Å². The van der Waals surface area contributed by atoms with Crippen molar-refractivity contribution in [2.45, 2.75) is 38.3 Å². The average Bonchev–Trinajstić information content (AvgIpc) is 2.73. The van der Waals surface area contributed by atoms with Gasteiger partial charge in [-0.2, -0.15) is 0 Å². The van der Waals surface area contributed by atoms with Crippen LogP contribution in [0.5, 0.6) is 0 Å². The van der Waals surface area contributed by atoms with Crippen molar-refractivity contribution in [3.63, 3.8) is 0 Å². The van der Waals surface area contributed by atoms with Crippen LogP contribution in [0.3, 0.4) is 0 Å². The molecule has 1 aliphatic carbocycles. The van der Waals surface area contributed by atoms with E-state index in [0.29, 0.717) is 6.04 Å². The molecule has 0 bridgehead atoms. The summed E-state index contributed by atoms with van der Waals surface area (Å²) in [4.78, 5) is 0. The molecule has 1 fully saturated rings. The van der Waals surface area contributed by atoms with Crippen LogP contribution in [0.25, 0.3) is 0 Å². The van der Waals surface area contributed by atoms with E-state index in [-0.39, 0.29) is 0 Å². The molecule has 1 heterocycles. The van der Waals surface area contributed by atoms with Crippen molar-refractivity contribution in [2.75, 3.05) is 0 Å². The number of rotatable bonds is 4. The van der Waals surface area contributed by atoms with E-state index in [2.05, 4.69) is 46.7 Å². The van der Waals surface area contributed by atoms with Crippen LogP contribution >= 0.6 is 0 Å². The summed E-state index contributed by atoms with van der Waals surface area (Å²) in [5.74, 6) is 1.72. The minimum atomic E-state index is 0.613. The number of hydrogen-bond donors (Lipinski definition) is 1. The summed E-state index contributed by atoms with van der Waals surface area (Å²) >= 11 is 0. The Morgan fingerprint density at radius 1 is 1.37 bits per heavy atom. The van der Waals surface area contributed by atoms with Crippen molar-refractivity contribution in [2.24, 2.45) is 7.05 Å². The molecule has 1 aromatic heterocycles. The van der Waals surface area contributed by atoms with Gasteiger partial charge in [-0.05, 0) is 31.2 Å². The summed E-state index contributed by atoms with van der Waals surface area (Å²) in [5, 5.41) is 11.5. The second-order valence-electron chi connectivity index (χ2n) is 5.52. The van der Waals surface area contributed by atoms with Crippen LogP contribution < -0.4 is 5.32 Å². The van der Waals surface area contributed by atoms with E-state index in [0.717, 1.165) is 18.3 Å². The first-order valence-electron chi connectivity index (χ1n) is 6.85. The van der Waals surface area contributed by atoms with E-state index < -0.39 is 0 Å². The third kappa shape index (κ3) is 2.68. The van der Waals surface area contributed by atoms with E-state index >= 15 is 0 Å². The predicted octanol–water partition coefficient (Wildman–Crippen LogP) is 2.16. The lowest BCUT2D eigenvalue weighted by Gasteiger charge is -2.36. The highest BCUT2D eigenvalue weighted by atomic mass is 15.3. The maximum absolute atomic E-state index is 4.09. The molecule has 1 aromatic carbocycles. The van der Waals surface area contributed by atoms with Crippen LogP contribution in [-0.4, -0.2) is 20.8 Å². The van der Waals surface area contributed by atoms with Crippen molar-refractivity contribution in [3.05, 3.63) is 47.5 Å². The Labute approximate surface area is 113 Å². The van der Waals surface area contributed by atoms with Crippen LogP contribution in [0.15, 0.2) is 30.6 Å². The molecule has 1 aliphatic rings. The lowest BCUT2D eigenvalue weighted by Crippen LogP contribution is -2.40. The second-order valence-corrected chi connectivity index (χ2v) is 5.52. The molecular weight excluding hydrogens is 236 g/mol. The minimum absolute atomic E-state index is 0.613. The summed E-state index contributed by atoms with van der Waals surface area (Å²) in [6.45, 7) is 2.97. The fourth-order valence-corrected chi connectivity index (χ4v) is 2.68. The van der Waals surface area contributed by atoms with Gasteiger partial charge in [0.15, 0.2) is 0 Å². The first-order valence-corrected chi connectivity index (χ1v) is 6.85. The average molecular weight is 256 g/mol. The zero-order valence-corrected chi connectivity index (χ0v) is 11.5. The first kappa shape index (κ1) is 12.4. The maximum Gasteiger partial charge on any atom is 0.146 e. The number of nitrogens with one attached hydrogen (secondary N) is 1. The smallest absolute Gasteiger partial charge is 0.146 e. The Balaban J connectivity index is 1.49. The van der Waals surface area contributed by atoms with Crippen LogP contribution in [0.1, 0.15) is 35.7 Å². The van der Waals surface area contributed by atoms with Gasteiger partial charge in [0, 0.05) is 13.1 Å². The summed E-state index contributed by atoms with van der Waals surface area (Å²) in [6.07, 6.45) is 4.19. The van der Waals surface area contributed by atoms with E-state index in [4.69, 9.17) is 0 Å². The van der Waals surface area contributed by atoms with E-state index in [1.54, 1.807) is 6.33 Å². The molecule has 19 heavy (non-hydrogen) atoms. The largest absolute Gasteiger partial charge is 0.320 e. The zero-order chi connectivity index (χ0) is 13.2. The highest BCUT2D eigenvalue weighted by molar-refractivity contribution is 5.27. The molecule has 4 heteroatoms. The van der Waals surface area contributed by atoms with Gasteiger partial charge < -0.3 is 9.88 Å². The molecule has 0 amide bonds. The number of benzene rings is 1. The van der Waals surface area contributed by atoms with Gasteiger partial charge >= 0.3 is 0 Å². The summed E-state index contributed by atoms with van der Waals surface area (Å²) in [6, 6.07) is 9.49. The molecule has 0 atom stereocenters. The molecule has 0 unspecified atom stereocenters. The van der Waals surface area contributed by atoms with Crippen molar-refractivity contribution >= 4 is 0 Å². The topological polar surface area (TPSA) is 42.7 Å². The fourth-order valence-electron chi connectivity index (χ4n) is 2.68. The summed E-state index contributed by atoms with van der Waals surface area (Å²) < 4.78 is 1.96. The van der Waals surface area contributed by atoms with E-state index in [9.17, 15) is 0 Å². The van der Waals surface area contributed by atoms with E-state index in [1.165, 1.54) is 24.0 Å². The molecule has 2 aromatic rings. The monoisotopic (exact) mass is 256 g/mol. The van der Waals surface area contributed by atoms with Crippen molar-refractivity contribution in [3.8, 4) is 0 Å². The van der Waals surface area contributed by atoms with Gasteiger partial charge in [-0.15, -0.1) is 10.2 Å². The Morgan fingerprint density at radius 2 is 2.21 bits per heavy atom. The SMILES string of the molecule is Cc1cccc(C2CC(NCc3nncn3C)C2)c1. The van der Waals surface area contributed by atoms with Crippen molar-refractivity contribution in [1.29, 1.82) is 0 Å². The van der Waals surface area contributed by atoms with Gasteiger partial charge in [0.1, 0.15) is 12.2 Å². The molecule has 0 spiro atoms. The number of aryl methyl sites for hydroxylation is 2. The van der Waals surface area contributed by atoms with E-state index in [1.807, 2.05) is 11.6 Å². The lowest BCUT2D eigenvalue weighted by atomic mass is 9.75. The quantitative estimate of drug-likeness (QED) is 0.911. The number of hydrogen-bond acceptors (Lipinski definition) is 3. The highest BCUT2D eigenvalue weighted by Crippen LogP contribution is 2.37. The molecule has 1 N–H and O–H groups in total. The second kappa shape index (κ2) is 5.13. The summed E-state index contributed by atoms with van der Waals surface area (Å²) in [7, 11) is 1.98. The van der Waals surface area contributed by atoms with Crippen molar-refractivity contribution in [1.82, 2.24) is 20.1 Å². The summed E-state index contributed by atoms with van der Waals surface area (Å²) in [5.41, 5.74) is 2.84. The van der Waals surface area contributed by atoms with Gasteiger partial charge in [0.05, 0.1) is 6.54 Å². The third-order valence-corrected chi connectivity index (χ3v) is 4.01. The molecule has 3 rings (SSSR count). The molecule has 100 valence electrons. The first-order chi connectivity index (χ1) is 9.22. The Hall–Kier alpha value is -1.68. The third-order valence-electron chi connectivity index (χ3n) is 4.01. The molecule has 0 aliphatic heterocycles. The molecular formula is C15H20N4. The molecule has 0 radical (unpaired) electrons. The normalized spacial score (nSPS) is 22.2. The van der Waals surface area contributed by atoms with Gasteiger partial charge in [-0.3, -0.25) is 0 Å². The van der Waals surface area contributed by atoms with Gasteiger partial charge in [0.2, 0.25) is 0 Å². The highest BCUT2D eigenvalue weighted by Gasteiger charge is 2.29. The van der Waals surface area contributed by atoms with Crippen LogP contribution in [0, 0.1) is 6.92 Å². The van der Waals surface area contributed by atoms with Crippen LogP contribution in [0.2, 0.25) is 0 Å². The standard InChI is InChI=1S/C15H20N4/c1-11-4-3-5-12(6-11)13-7-14(8-13)16-9-15-18-17-10-19(15)2/h3-6,10,13-14,16H,7-9H2,1-2H3. The lowest BCUT2D eigenvalue weighted by molar-refractivity contribution is 0.286. The van der Waals surface area contributed by atoms with Gasteiger partial charge in [0.25, 0.3) is 0 Å². The predicted molar refractivity (Wildman–Crippen MR) is 74.8 cm³/mol. The minimum Gasteiger partial charge on any atom is -0.320 e. The van der Waals surface area contributed by atoms with Crippen molar-refractivity contribution < 1.29 is 0 Å². The Morgan fingerprint density at radius 3 is 2.89 bits per heavy atom. The molecule has 1 saturated carbocycles. The maximum atomic E-state index is 4.09.